The number of ketones is 1. The van der Waals surface area contributed by atoms with E-state index >= 15 is 0 Å². The molecular weight excluding hydrogens is 454 g/mol. The lowest BCUT2D eigenvalue weighted by molar-refractivity contribution is -0.138. The van der Waals surface area contributed by atoms with E-state index < -0.39 is 17.3 Å². The molecule has 2 aliphatic heterocycles. The van der Waals surface area contributed by atoms with E-state index in [4.69, 9.17) is 22.1 Å². The maximum Gasteiger partial charge on any atom is 0.339 e. The van der Waals surface area contributed by atoms with Crippen molar-refractivity contribution < 1.29 is 19.1 Å². The van der Waals surface area contributed by atoms with Crippen LogP contribution in [0.5, 0.6) is 0 Å². The molecule has 8 heteroatoms. The number of rotatable bonds is 2. The van der Waals surface area contributed by atoms with Gasteiger partial charge in [0.1, 0.15) is 16.8 Å². The van der Waals surface area contributed by atoms with Gasteiger partial charge < -0.3 is 15.4 Å². The maximum absolute atomic E-state index is 14.1. The van der Waals surface area contributed by atoms with E-state index in [0.29, 0.717) is 40.5 Å². The summed E-state index contributed by atoms with van der Waals surface area (Å²) in [6, 6.07) is 12.5. The maximum atomic E-state index is 14.1. The largest absolute Gasteiger partial charge is 0.466 e. The van der Waals surface area contributed by atoms with Crippen molar-refractivity contribution in [2.75, 3.05) is 24.0 Å². The smallest absolute Gasteiger partial charge is 0.339 e. The zero-order valence-electron chi connectivity index (χ0n) is 19.1. The number of carbonyl (C=O) groups excluding carboxylic acids is 3. The second-order valence-corrected chi connectivity index (χ2v) is 9.18. The van der Waals surface area contributed by atoms with E-state index in [1.54, 1.807) is 42.3 Å². The molecule has 1 spiro atoms. The minimum atomic E-state index is -1.67. The molecule has 174 valence electrons. The molecule has 0 saturated carbocycles. The summed E-state index contributed by atoms with van der Waals surface area (Å²) >= 11 is 6.32. The van der Waals surface area contributed by atoms with Gasteiger partial charge in [0, 0.05) is 41.0 Å². The van der Waals surface area contributed by atoms with Gasteiger partial charge in [-0.25, -0.2) is 4.79 Å². The molecule has 1 amide bonds. The number of carbonyl (C=O) groups is 3. The molecule has 2 aromatic rings. The SMILES string of the molecule is COC(=O)C1=C(N)N(c2cc(Cl)ccc2C)C2=C(C(=O)CCC2)C12C(=O)N(C)c1ccccc12. The van der Waals surface area contributed by atoms with Gasteiger partial charge in [0.25, 0.3) is 0 Å². The summed E-state index contributed by atoms with van der Waals surface area (Å²) in [5, 5.41) is 0.486. The number of Topliss-reactive ketones (excluding diaryl/α,β-unsaturated/α-hetero) is 1. The van der Waals surface area contributed by atoms with Crippen molar-refractivity contribution in [1.82, 2.24) is 0 Å². The first-order chi connectivity index (χ1) is 16.2. The third kappa shape index (κ3) is 2.73. The predicted molar refractivity (Wildman–Crippen MR) is 129 cm³/mol. The molecule has 5 rings (SSSR count). The van der Waals surface area contributed by atoms with Crippen LogP contribution in [0.15, 0.2) is 65.1 Å². The van der Waals surface area contributed by atoms with E-state index in [1.807, 2.05) is 19.1 Å². The lowest BCUT2D eigenvalue weighted by Gasteiger charge is -2.45. The van der Waals surface area contributed by atoms with Crippen LogP contribution in [0, 0.1) is 6.92 Å². The fraction of sp³-hybridized carbons (Fsp3) is 0.269. The van der Waals surface area contributed by atoms with E-state index in [2.05, 4.69) is 0 Å². The lowest BCUT2D eigenvalue weighted by Crippen LogP contribution is -2.54. The van der Waals surface area contributed by atoms with Gasteiger partial charge in [0.15, 0.2) is 5.78 Å². The minimum absolute atomic E-state index is 0.0508. The van der Waals surface area contributed by atoms with E-state index in [9.17, 15) is 14.4 Å². The summed E-state index contributed by atoms with van der Waals surface area (Å²) in [7, 11) is 2.88. The zero-order valence-corrected chi connectivity index (χ0v) is 19.9. The molecule has 0 radical (unpaired) electrons. The normalized spacial score (nSPS) is 21.9. The number of methoxy groups -OCH3 is 1. The van der Waals surface area contributed by atoms with Crippen LogP contribution < -0.4 is 15.5 Å². The van der Waals surface area contributed by atoms with Crippen molar-refractivity contribution in [3.8, 4) is 0 Å². The predicted octanol–water partition coefficient (Wildman–Crippen LogP) is 3.73. The van der Waals surface area contributed by atoms with Gasteiger partial charge >= 0.3 is 5.97 Å². The van der Waals surface area contributed by atoms with E-state index in [-0.39, 0.29) is 29.2 Å². The van der Waals surface area contributed by atoms with E-state index in [1.165, 1.54) is 12.0 Å². The van der Waals surface area contributed by atoms with Gasteiger partial charge in [-0.15, -0.1) is 0 Å². The van der Waals surface area contributed by atoms with Crippen LogP contribution >= 0.6 is 11.6 Å². The second-order valence-electron chi connectivity index (χ2n) is 8.75. The third-order valence-electron chi connectivity index (χ3n) is 7.00. The molecule has 2 aromatic carbocycles. The molecule has 2 heterocycles. The summed E-state index contributed by atoms with van der Waals surface area (Å²) < 4.78 is 5.16. The number of para-hydroxylation sites is 1. The molecule has 1 atom stereocenters. The molecule has 0 fully saturated rings. The highest BCUT2D eigenvalue weighted by atomic mass is 35.5. The first-order valence-corrected chi connectivity index (χ1v) is 11.4. The first-order valence-electron chi connectivity index (χ1n) is 11.0. The number of halogens is 1. The Labute approximate surface area is 202 Å². The number of esters is 1. The highest BCUT2D eigenvalue weighted by Crippen LogP contribution is 2.57. The Balaban J connectivity index is 1.95. The van der Waals surface area contributed by atoms with Crippen molar-refractivity contribution >= 4 is 40.6 Å². The highest BCUT2D eigenvalue weighted by Gasteiger charge is 2.63. The van der Waals surface area contributed by atoms with Crippen LogP contribution in [0.25, 0.3) is 0 Å². The molecule has 1 unspecified atom stereocenters. The molecule has 0 bridgehead atoms. The number of benzene rings is 2. The molecule has 2 N–H and O–H groups in total. The molecule has 34 heavy (non-hydrogen) atoms. The number of hydrogen-bond donors (Lipinski definition) is 1. The fourth-order valence-corrected chi connectivity index (χ4v) is 5.72. The number of amides is 1. The molecule has 3 aliphatic rings. The Hall–Kier alpha value is -3.58. The average molecular weight is 478 g/mol. The number of fused-ring (bicyclic) bond motifs is 3. The number of nitrogens with two attached hydrogens (primary N) is 1. The van der Waals surface area contributed by atoms with Gasteiger partial charge in [0.05, 0.1) is 12.8 Å². The van der Waals surface area contributed by atoms with Gasteiger partial charge in [-0.1, -0.05) is 35.9 Å². The quantitative estimate of drug-likeness (QED) is 0.662. The van der Waals surface area contributed by atoms with Gasteiger partial charge in [-0.3, -0.25) is 14.5 Å². The molecule has 0 aromatic heterocycles. The van der Waals surface area contributed by atoms with Crippen molar-refractivity contribution in [3.05, 3.63) is 81.3 Å². The summed E-state index contributed by atoms with van der Waals surface area (Å²) in [4.78, 5) is 44.3. The second kappa shape index (κ2) is 7.74. The average Bonchev–Trinajstić information content (AvgIpc) is 3.04. The van der Waals surface area contributed by atoms with Crippen molar-refractivity contribution in [2.24, 2.45) is 5.73 Å². The number of aryl methyl sites for hydroxylation is 1. The number of nitrogens with zero attached hydrogens (tertiary/aromatic N) is 2. The Kier molecular flexibility index (Phi) is 5.06. The number of ether oxygens (including phenoxy) is 1. The van der Waals surface area contributed by atoms with Crippen molar-refractivity contribution in [1.29, 1.82) is 0 Å². The first kappa shape index (κ1) is 22.2. The van der Waals surface area contributed by atoms with Gasteiger partial charge in [0.2, 0.25) is 5.91 Å². The topological polar surface area (TPSA) is 92.9 Å². The molecule has 7 nitrogen and oxygen atoms in total. The third-order valence-corrected chi connectivity index (χ3v) is 7.23. The van der Waals surface area contributed by atoms with Gasteiger partial charge in [-0.2, -0.15) is 0 Å². The number of hydrogen-bond acceptors (Lipinski definition) is 6. The van der Waals surface area contributed by atoms with E-state index in [0.717, 1.165) is 5.56 Å². The molecule has 1 aliphatic carbocycles. The Morgan fingerprint density at radius 2 is 1.85 bits per heavy atom. The van der Waals surface area contributed by atoms with Crippen LogP contribution in [-0.2, 0) is 24.5 Å². The lowest BCUT2D eigenvalue weighted by atomic mass is 9.63. The summed E-state index contributed by atoms with van der Waals surface area (Å²) in [5.74, 6) is -1.28. The van der Waals surface area contributed by atoms with Crippen LogP contribution in [0.3, 0.4) is 0 Å². The molecular formula is C26H24ClN3O4. The monoisotopic (exact) mass is 477 g/mol. The number of anilines is 2. The number of likely N-dealkylation sites (N-methyl/N-ethyl adjacent to an activating group) is 1. The van der Waals surface area contributed by atoms with Crippen LogP contribution in [0.1, 0.15) is 30.4 Å². The Morgan fingerprint density at radius 1 is 1.12 bits per heavy atom. The Morgan fingerprint density at radius 3 is 2.59 bits per heavy atom. The van der Waals surface area contributed by atoms with Crippen LogP contribution in [0.2, 0.25) is 5.02 Å². The summed E-state index contributed by atoms with van der Waals surface area (Å²) in [6.07, 6.45) is 1.40. The van der Waals surface area contributed by atoms with Gasteiger partial charge in [-0.05, 0) is 43.5 Å². The number of allylic oxidation sites excluding steroid dienone is 1. The van der Waals surface area contributed by atoms with Crippen LogP contribution in [0.4, 0.5) is 11.4 Å². The summed E-state index contributed by atoms with van der Waals surface area (Å²) in [6.45, 7) is 1.90. The summed E-state index contributed by atoms with van der Waals surface area (Å²) in [5.41, 5.74) is 8.63. The highest BCUT2D eigenvalue weighted by molar-refractivity contribution is 6.31. The fourth-order valence-electron chi connectivity index (χ4n) is 5.55. The van der Waals surface area contributed by atoms with Crippen molar-refractivity contribution in [3.63, 3.8) is 0 Å². The van der Waals surface area contributed by atoms with Crippen LogP contribution in [-0.4, -0.2) is 31.8 Å². The zero-order chi connectivity index (χ0) is 24.4. The Bertz CT molecular complexity index is 1350. The minimum Gasteiger partial charge on any atom is -0.466 e. The van der Waals surface area contributed by atoms with Crippen molar-refractivity contribution in [2.45, 2.75) is 31.6 Å². The molecule has 0 saturated heterocycles. The standard InChI is InChI=1S/C26H24ClN3O4/c1-14-11-12-15(27)13-19(14)30-18-9-6-10-20(31)21(18)26(22(23(30)28)24(32)34-3)16-7-4-5-8-17(16)29(2)25(26)33/h4-5,7-8,11-13H,6,9-10,28H2,1-3H3.